The summed E-state index contributed by atoms with van der Waals surface area (Å²) in [6.07, 6.45) is 3.76. The average Bonchev–Trinajstić information content (AvgIpc) is 1.99. The van der Waals surface area contributed by atoms with E-state index in [1.165, 1.54) is 6.42 Å². The first kappa shape index (κ1) is 8.88. The van der Waals surface area contributed by atoms with Crippen LogP contribution in [0.3, 0.4) is 0 Å². The summed E-state index contributed by atoms with van der Waals surface area (Å²) < 4.78 is 6.43. The minimum absolute atomic E-state index is 0.210. The molecule has 2 rings (SSSR count). The lowest BCUT2D eigenvalue weighted by Gasteiger charge is -2.26. The first-order chi connectivity index (χ1) is 6.25. The number of benzene rings is 1. The molecule has 0 saturated heterocycles. The van der Waals surface area contributed by atoms with Crippen molar-refractivity contribution in [2.75, 3.05) is 0 Å². The fraction of sp³-hybridized carbons (Fsp3) is 0.400. The van der Waals surface area contributed by atoms with E-state index in [0.717, 1.165) is 17.3 Å². The molecular formula is C10H11BrO2. The fourth-order valence-electron chi connectivity index (χ4n) is 1.26. The van der Waals surface area contributed by atoms with E-state index in [0.29, 0.717) is 11.9 Å². The van der Waals surface area contributed by atoms with Crippen LogP contribution in [0.1, 0.15) is 19.3 Å². The largest absolute Gasteiger partial charge is 0.504 e. The minimum atomic E-state index is 0.210. The smallest absolute Gasteiger partial charge is 0.161 e. The Labute approximate surface area is 85.7 Å². The zero-order valence-electron chi connectivity index (χ0n) is 7.16. The Hall–Kier alpha value is -0.700. The monoisotopic (exact) mass is 242 g/mol. The molecule has 0 unspecified atom stereocenters. The van der Waals surface area contributed by atoms with Crippen LogP contribution in [0.2, 0.25) is 0 Å². The van der Waals surface area contributed by atoms with Crippen molar-refractivity contribution in [3.8, 4) is 11.5 Å². The van der Waals surface area contributed by atoms with Gasteiger partial charge in [0.25, 0.3) is 0 Å². The SMILES string of the molecule is Oc1cc(Br)ccc1OC1CCC1. The van der Waals surface area contributed by atoms with Crippen molar-refractivity contribution in [1.82, 2.24) is 0 Å². The second kappa shape index (κ2) is 3.58. The standard InChI is InChI=1S/C10H11BrO2/c11-7-4-5-10(9(12)6-7)13-8-2-1-3-8/h4-6,8,12H,1-3H2. The molecule has 0 radical (unpaired) electrons. The van der Waals surface area contributed by atoms with E-state index in [1.807, 2.05) is 6.07 Å². The highest BCUT2D eigenvalue weighted by Crippen LogP contribution is 2.33. The van der Waals surface area contributed by atoms with Crippen molar-refractivity contribution in [3.05, 3.63) is 22.7 Å². The van der Waals surface area contributed by atoms with Crippen molar-refractivity contribution >= 4 is 15.9 Å². The molecular weight excluding hydrogens is 232 g/mol. The normalized spacial score (nSPS) is 16.7. The van der Waals surface area contributed by atoms with E-state index in [1.54, 1.807) is 12.1 Å². The molecule has 1 N–H and O–H groups in total. The van der Waals surface area contributed by atoms with Crippen LogP contribution in [0, 0.1) is 0 Å². The highest BCUT2D eigenvalue weighted by Gasteiger charge is 2.20. The van der Waals surface area contributed by atoms with Crippen LogP contribution in [0.15, 0.2) is 22.7 Å². The van der Waals surface area contributed by atoms with E-state index in [2.05, 4.69) is 15.9 Å². The Bertz CT molecular complexity index is 308. The van der Waals surface area contributed by atoms with Gasteiger partial charge in [-0.15, -0.1) is 0 Å². The Morgan fingerprint density at radius 3 is 2.69 bits per heavy atom. The number of hydrogen-bond acceptors (Lipinski definition) is 2. The van der Waals surface area contributed by atoms with Crippen LogP contribution in [0.25, 0.3) is 0 Å². The molecule has 3 heteroatoms. The van der Waals surface area contributed by atoms with Gasteiger partial charge in [0.1, 0.15) is 0 Å². The maximum absolute atomic E-state index is 9.50. The van der Waals surface area contributed by atoms with E-state index < -0.39 is 0 Å². The summed E-state index contributed by atoms with van der Waals surface area (Å²) >= 11 is 3.28. The molecule has 0 aliphatic heterocycles. The van der Waals surface area contributed by atoms with Gasteiger partial charge in [0.05, 0.1) is 6.10 Å². The maximum Gasteiger partial charge on any atom is 0.161 e. The summed E-state index contributed by atoms with van der Waals surface area (Å²) in [5.74, 6) is 0.800. The van der Waals surface area contributed by atoms with E-state index in [-0.39, 0.29) is 5.75 Å². The third-order valence-electron chi connectivity index (χ3n) is 2.27. The third-order valence-corrected chi connectivity index (χ3v) is 2.76. The molecule has 1 fully saturated rings. The second-order valence-corrected chi connectivity index (χ2v) is 4.20. The number of hydrogen-bond donors (Lipinski definition) is 1. The molecule has 0 heterocycles. The van der Waals surface area contributed by atoms with E-state index in [4.69, 9.17) is 4.74 Å². The summed E-state index contributed by atoms with van der Waals surface area (Å²) in [6.45, 7) is 0. The summed E-state index contributed by atoms with van der Waals surface area (Å²) in [5.41, 5.74) is 0. The van der Waals surface area contributed by atoms with Gasteiger partial charge in [-0.05, 0) is 37.5 Å². The molecule has 70 valence electrons. The predicted molar refractivity (Wildman–Crippen MR) is 54.1 cm³/mol. The molecule has 0 amide bonds. The number of rotatable bonds is 2. The first-order valence-corrected chi connectivity index (χ1v) is 5.20. The lowest BCUT2D eigenvalue weighted by molar-refractivity contribution is 0.116. The summed E-state index contributed by atoms with van der Waals surface area (Å²) in [7, 11) is 0. The Morgan fingerprint density at radius 1 is 1.38 bits per heavy atom. The van der Waals surface area contributed by atoms with Crippen LogP contribution in [0.5, 0.6) is 11.5 Å². The average molecular weight is 243 g/mol. The topological polar surface area (TPSA) is 29.5 Å². The van der Waals surface area contributed by atoms with Gasteiger partial charge in [0, 0.05) is 4.47 Å². The number of phenolic OH excluding ortho intramolecular Hbond substituents is 1. The molecule has 1 saturated carbocycles. The molecule has 1 aromatic rings. The van der Waals surface area contributed by atoms with Gasteiger partial charge in [0.15, 0.2) is 11.5 Å². The summed E-state index contributed by atoms with van der Waals surface area (Å²) in [4.78, 5) is 0. The van der Waals surface area contributed by atoms with Gasteiger partial charge < -0.3 is 9.84 Å². The van der Waals surface area contributed by atoms with E-state index in [9.17, 15) is 5.11 Å². The van der Waals surface area contributed by atoms with Gasteiger partial charge in [-0.1, -0.05) is 15.9 Å². The van der Waals surface area contributed by atoms with Gasteiger partial charge in [-0.2, -0.15) is 0 Å². The van der Waals surface area contributed by atoms with Gasteiger partial charge >= 0.3 is 0 Å². The number of ether oxygens (including phenoxy) is 1. The number of aromatic hydroxyl groups is 1. The Balaban J connectivity index is 2.10. The molecule has 13 heavy (non-hydrogen) atoms. The first-order valence-electron chi connectivity index (χ1n) is 4.41. The Morgan fingerprint density at radius 2 is 2.15 bits per heavy atom. The Kier molecular flexibility index (Phi) is 2.44. The molecule has 0 atom stereocenters. The van der Waals surface area contributed by atoms with Crippen molar-refractivity contribution in [2.45, 2.75) is 25.4 Å². The third kappa shape index (κ3) is 1.97. The van der Waals surface area contributed by atoms with Gasteiger partial charge in [0.2, 0.25) is 0 Å². The van der Waals surface area contributed by atoms with Crippen molar-refractivity contribution < 1.29 is 9.84 Å². The van der Waals surface area contributed by atoms with Crippen molar-refractivity contribution in [1.29, 1.82) is 0 Å². The molecule has 1 aliphatic rings. The van der Waals surface area contributed by atoms with E-state index >= 15 is 0 Å². The minimum Gasteiger partial charge on any atom is -0.504 e. The quantitative estimate of drug-likeness (QED) is 0.864. The molecule has 0 spiro atoms. The molecule has 1 aliphatic carbocycles. The molecule has 0 bridgehead atoms. The molecule has 2 nitrogen and oxygen atoms in total. The zero-order chi connectivity index (χ0) is 9.26. The lowest BCUT2D eigenvalue weighted by Crippen LogP contribution is -2.24. The highest BCUT2D eigenvalue weighted by atomic mass is 79.9. The molecule has 1 aromatic carbocycles. The summed E-state index contributed by atoms with van der Waals surface area (Å²) in [5, 5.41) is 9.50. The maximum atomic E-state index is 9.50. The van der Waals surface area contributed by atoms with Gasteiger partial charge in [-0.3, -0.25) is 0 Å². The van der Waals surface area contributed by atoms with Crippen LogP contribution in [-0.2, 0) is 0 Å². The van der Waals surface area contributed by atoms with Crippen molar-refractivity contribution in [3.63, 3.8) is 0 Å². The zero-order valence-corrected chi connectivity index (χ0v) is 8.75. The van der Waals surface area contributed by atoms with Crippen molar-refractivity contribution in [2.24, 2.45) is 0 Å². The molecule has 0 aromatic heterocycles. The fourth-order valence-corrected chi connectivity index (χ4v) is 1.61. The number of phenols is 1. The summed E-state index contributed by atoms with van der Waals surface area (Å²) in [6, 6.07) is 5.31. The lowest BCUT2D eigenvalue weighted by atomic mass is 9.96. The van der Waals surface area contributed by atoms with Gasteiger partial charge in [-0.25, -0.2) is 0 Å². The van der Waals surface area contributed by atoms with Crippen LogP contribution in [0.4, 0.5) is 0 Å². The second-order valence-electron chi connectivity index (χ2n) is 3.28. The highest BCUT2D eigenvalue weighted by molar-refractivity contribution is 9.10. The number of halogens is 1. The van der Waals surface area contributed by atoms with Crippen LogP contribution < -0.4 is 4.74 Å². The van der Waals surface area contributed by atoms with Crippen LogP contribution in [-0.4, -0.2) is 11.2 Å². The predicted octanol–water partition coefficient (Wildman–Crippen LogP) is 3.09. The van der Waals surface area contributed by atoms with Crippen LogP contribution >= 0.6 is 15.9 Å².